The lowest BCUT2D eigenvalue weighted by Crippen LogP contribution is -2.36. The van der Waals surface area contributed by atoms with Crippen molar-refractivity contribution >= 4 is 17.8 Å². The fourth-order valence-electron chi connectivity index (χ4n) is 2.32. The molecule has 1 aliphatic heterocycles. The number of unbranched alkanes of at least 4 members (excludes halogenated alkanes) is 1. The summed E-state index contributed by atoms with van der Waals surface area (Å²) in [6.07, 6.45) is 6.01. The number of ether oxygens (including phenoxy) is 2. The number of nitrogens with one attached hydrogen (secondary N) is 2. The van der Waals surface area contributed by atoms with Crippen molar-refractivity contribution < 1.29 is 14.3 Å². The molecule has 1 aromatic carbocycles. The van der Waals surface area contributed by atoms with Crippen molar-refractivity contribution in [1.82, 2.24) is 5.32 Å². The van der Waals surface area contributed by atoms with Gasteiger partial charge in [0.25, 0.3) is 0 Å². The van der Waals surface area contributed by atoms with E-state index in [2.05, 4.69) is 17.6 Å². The highest BCUT2D eigenvalue weighted by molar-refractivity contribution is 5.89. The molecule has 5 heteroatoms. The van der Waals surface area contributed by atoms with Gasteiger partial charge in [0.05, 0.1) is 6.61 Å². The van der Waals surface area contributed by atoms with Crippen molar-refractivity contribution in [2.24, 2.45) is 0 Å². The first kappa shape index (κ1) is 16.4. The highest BCUT2D eigenvalue weighted by atomic mass is 16.5. The highest BCUT2D eigenvalue weighted by Crippen LogP contribution is 2.32. The summed E-state index contributed by atoms with van der Waals surface area (Å²) in [6.45, 7) is 5.24. The summed E-state index contributed by atoms with van der Waals surface area (Å²) in [4.78, 5) is 11.8. The highest BCUT2D eigenvalue weighted by Gasteiger charge is 2.27. The van der Waals surface area contributed by atoms with E-state index in [0.717, 1.165) is 29.8 Å². The van der Waals surface area contributed by atoms with Gasteiger partial charge in [-0.05, 0) is 37.6 Å². The minimum absolute atomic E-state index is 0.182. The van der Waals surface area contributed by atoms with Gasteiger partial charge >= 0.3 is 6.03 Å². The van der Waals surface area contributed by atoms with E-state index in [1.54, 1.807) is 7.11 Å². The molecule has 1 aliphatic rings. The molecule has 5 nitrogen and oxygen atoms in total. The van der Waals surface area contributed by atoms with Crippen LogP contribution in [-0.2, 0) is 4.74 Å². The SMILES string of the molecule is CCCCNC(=O)Nc1ccc2c(c1)C=CC(C)(COC)O2. The van der Waals surface area contributed by atoms with Crippen LogP contribution in [0.25, 0.3) is 6.08 Å². The summed E-state index contributed by atoms with van der Waals surface area (Å²) < 4.78 is 11.1. The molecule has 0 aromatic heterocycles. The number of fused-ring (bicyclic) bond motifs is 1. The van der Waals surface area contributed by atoms with Crippen molar-refractivity contribution in [2.45, 2.75) is 32.3 Å². The smallest absolute Gasteiger partial charge is 0.319 e. The number of hydrogen-bond acceptors (Lipinski definition) is 3. The van der Waals surface area contributed by atoms with Gasteiger partial charge < -0.3 is 20.1 Å². The third kappa shape index (κ3) is 4.24. The Kier molecular flexibility index (Phi) is 5.44. The van der Waals surface area contributed by atoms with Gasteiger partial charge in [-0.1, -0.05) is 19.4 Å². The maximum atomic E-state index is 11.8. The van der Waals surface area contributed by atoms with Crippen LogP contribution < -0.4 is 15.4 Å². The number of carbonyl (C=O) groups excluding carboxylic acids is 1. The van der Waals surface area contributed by atoms with Crippen LogP contribution in [0.2, 0.25) is 0 Å². The molecule has 1 heterocycles. The second-order valence-corrected chi connectivity index (χ2v) is 5.67. The molecule has 2 rings (SSSR count). The molecule has 0 fully saturated rings. The van der Waals surface area contributed by atoms with E-state index in [1.165, 1.54) is 0 Å². The molecule has 0 aliphatic carbocycles. The Labute approximate surface area is 131 Å². The maximum absolute atomic E-state index is 11.8. The van der Waals surface area contributed by atoms with Crippen molar-refractivity contribution in [1.29, 1.82) is 0 Å². The Morgan fingerprint density at radius 1 is 1.41 bits per heavy atom. The van der Waals surface area contributed by atoms with Crippen LogP contribution in [-0.4, -0.2) is 31.9 Å². The van der Waals surface area contributed by atoms with Crippen LogP contribution in [0.4, 0.5) is 10.5 Å². The lowest BCUT2D eigenvalue weighted by molar-refractivity contribution is 0.0378. The van der Waals surface area contributed by atoms with Crippen LogP contribution in [0.1, 0.15) is 32.3 Å². The van der Waals surface area contributed by atoms with E-state index in [0.29, 0.717) is 13.2 Å². The van der Waals surface area contributed by atoms with Gasteiger partial charge in [-0.2, -0.15) is 0 Å². The number of methoxy groups -OCH3 is 1. The molecule has 0 radical (unpaired) electrons. The lowest BCUT2D eigenvalue weighted by Gasteiger charge is -2.31. The quantitative estimate of drug-likeness (QED) is 0.792. The number of carbonyl (C=O) groups is 1. The van der Waals surface area contributed by atoms with Gasteiger partial charge in [0.1, 0.15) is 11.4 Å². The molecule has 2 N–H and O–H groups in total. The summed E-state index contributed by atoms with van der Waals surface area (Å²) in [5, 5.41) is 5.66. The largest absolute Gasteiger partial charge is 0.480 e. The van der Waals surface area contributed by atoms with E-state index in [1.807, 2.05) is 37.3 Å². The van der Waals surface area contributed by atoms with E-state index >= 15 is 0 Å². The average molecular weight is 304 g/mol. The second-order valence-electron chi connectivity index (χ2n) is 5.67. The minimum Gasteiger partial charge on any atom is -0.480 e. The molecule has 1 atom stereocenters. The Morgan fingerprint density at radius 3 is 2.95 bits per heavy atom. The van der Waals surface area contributed by atoms with Crippen LogP contribution in [0, 0.1) is 0 Å². The molecule has 1 unspecified atom stereocenters. The van der Waals surface area contributed by atoms with Gasteiger partial charge in [-0.25, -0.2) is 4.79 Å². The van der Waals surface area contributed by atoms with Crippen molar-refractivity contribution in [3.63, 3.8) is 0 Å². The third-order valence-corrected chi connectivity index (χ3v) is 3.47. The van der Waals surface area contributed by atoms with E-state index in [4.69, 9.17) is 9.47 Å². The maximum Gasteiger partial charge on any atom is 0.319 e. The Hall–Kier alpha value is -2.01. The Bertz CT molecular complexity index is 557. The molecule has 22 heavy (non-hydrogen) atoms. The van der Waals surface area contributed by atoms with Gasteiger partial charge in [0, 0.05) is 24.9 Å². The molecule has 0 saturated heterocycles. The molecule has 1 aromatic rings. The number of anilines is 1. The zero-order valence-electron chi connectivity index (χ0n) is 13.4. The zero-order valence-corrected chi connectivity index (χ0v) is 13.4. The fraction of sp³-hybridized carbons (Fsp3) is 0.471. The van der Waals surface area contributed by atoms with Gasteiger partial charge in [0.2, 0.25) is 0 Å². The molecule has 0 spiro atoms. The standard InChI is InChI=1S/C17H24N2O3/c1-4-5-10-18-16(20)19-14-6-7-15-13(11-14)8-9-17(2,22-15)12-21-3/h6-9,11H,4-5,10,12H2,1-3H3,(H2,18,19,20). The molecule has 120 valence electrons. The van der Waals surface area contributed by atoms with Crippen LogP contribution in [0.15, 0.2) is 24.3 Å². The summed E-state index contributed by atoms with van der Waals surface area (Å²) in [7, 11) is 1.65. The zero-order chi connectivity index (χ0) is 16.0. The first-order valence-corrected chi connectivity index (χ1v) is 7.62. The van der Waals surface area contributed by atoms with Gasteiger partial charge in [0.15, 0.2) is 0 Å². The molecular weight excluding hydrogens is 280 g/mol. The number of urea groups is 1. The summed E-state index contributed by atoms with van der Waals surface area (Å²) in [5.74, 6) is 0.791. The van der Waals surface area contributed by atoms with Crippen molar-refractivity contribution in [3.05, 3.63) is 29.8 Å². The summed E-state index contributed by atoms with van der Waals surface area (Å²) in [5.41, 5.74) is 1.24. The molecular formula is C17H24N2O3. The Balaban J connectivity index is 2.00. The topological polar surface area (TPSA) is 59.6 Å². The number of benzene rings is 1. The Morgan fingerprint density at radius 2 is 2.23 bits per heavy atom. The number of hydrogen-bond donors (Lipinski definition) is 2. The first-order chi connectivity index (χ1) is 10.6. The number of amides is 2. The van der Waals surface area contributed by atoms with Crippen LogP contribution in [0.3, 0.4) is 0 Å². The van der Waals surface area contributed by atoms with E-state index in [-0.39, 0.29) is 6.03 Å². The molecule has 0 bridgehead atoms. The molecule has 0 saturated carbocycles. The van der Waals surface area contributed by atoms with Gasteiger partial charge in [-0.3, -0.25) is 0 Å². The van der Waals surface area contributed by atoms with Crippen molar-refractivity contribution in [2.75, 3.05) is 25.6 Å². The van der Waals surface area contributed by atoms with Crippen LogP contribution >= 0.6 is 0 Å². The van der Waals surface area contributed by atoms with E-state index < -0.39 is 5.60 Å². The van der Waals surface area contributed by atoms with Gasteiger partial charge in [-0.15, -0.1) is 0 Å². The molecule has 2 amide bonds. The monoisotopic (exact) mass is 304 g/mol. The first-order valence-electron chi connectivity index (χ1n) is 7.62. The predicted molar refractivity (Wildman–Crippen MR) is 88.3 cm³/mol. The number of rotatable bonds is 6. The van der Waals surface area contributed by atoms with Crippen molar-refractivity contribution in [3.8, 4) is 5.75 Å². The fourth-order valence-corrected chi connectivity index (χ4v) is 2.32. The van der Waals surface area contributed by atoms with E-state index in [9.17, 15) is 4.79 Å². The lowest BCUT2D eigenvalue weighted by atomic mass is 10.0. The van der Waals surface area contributed by atoms with Crippen LogP contribution in [0.5, 0.6) is 5.75 Å². The third-order valence-electron chi connectivity index (χ3n) is 3.47. The average Bonchev–Trinajstić information content (AvgIpc) is 2.48. The summed E-state index contributed by atoms with van der Waals surface area (Å²) in [6, 6.07) is 5.43. The normalized spacial score (nSPS) is 19.2. The summed E-state index contributed by atoms with van der Waals surface area (Å²) >= 11 is 0. The minimum atomic E-state index is -0.450. The second kappa shape index (κ2) is 7.31. The predicted octanol–water partition coefficient (Wildman–Crippen LogP) is 3.42.